The summed E-state index contributed by atoms with van der Waals surface area (Å²) in [5, 5.41) is 9.99. The molecule has 2 aromatic carbocycles. The molecule has 2 aromatic rings. The zero-order valence-corrected chi connectivity index (χ0v) is 18.3. The van der Waals surface area contributed by atoms with Crippen LogP contribution >= 0.6 is 0 Å². The summed E-state index contributed by atoms with van der Waals surface area (Å²) in [4.78, 5) is 22.3. The predicted octanol–water partition coefficient (Wildman–Crippen LogP) is 4.42. The number of carbonyl (C=O) groups excluding carboxylic acids is 1. The topological polar surface area (TPSA) is 72.3 Å². The summed E-state index contributed by atoms with van der Waals surface area (Å²) >= 11 is 0. The number of rotatable bonds is 8. The molecule has 0 saturated heterocycles. The van der Waals surface area contributed by atoms with Crippen molar-refractivity contribution in [2.24, 2.45) is 10.3 Å². The van der Waals surface area contributed by atoms with Gasteiger partial charge in [-0.05, 0) is 37.1 Å². The fraction of sp³-hybridized carbons (Fsp3) is 0.318. The monoisotopic (exact) mass is 471 g/mol. The van der Waals surface area contributed by atoms with Crippen molar-refractivity contribution in [1.29, 1.82) is 0 Å². The first-order chi connectivity index (χ1) is 15.5. The van der Waals surface area contributed by atoms with Gasteiger partial charge in [-0.3, -0.25) is 4.79 Å². The van der Waals surface area contributed by atoms with Crippen LogP contribution in [0.25, 0.3) is 0 Å². The van der Waals surface area contributed by atoms with Crippen LogP contribution in [0.2, 0.25) is 0 Å². The number of hydrogen-bond acceptors (Lipinski definition) is 5. The summed E-state index contributed by atoms with van der Waals surface area (Å²) in [7, 11) is 2.70. The Bertz CT molecular complexity index is 1080. The molecule has 1 N–H and O–H groups in total. The van der Waals surface area contributed by atoms with Crippen molar-refractivity contribution in [3.05, 3.63) is 69.8 Å². The summed E-state index contributed by atoms with van der Waals surface area (Å²) in [5.41, 5.74) is 0.833. The van der Waals surface area contributed by atoms with Crippen molar-refractivity contribution < 1.29 is 36.4 Å². The van der Waals surface area contributed by atoms with Crippen LogP contribution in [0.4, 0.5) is 22.0 Å². The SMILES string of the molecule is CNC(=O)/C(=N/OC)c1cccc(C)c1CO/N=C(\C)c1cc(F)c(F)cc1CC(F)(F)F. The highest BCUT2D eigenvalue weighted by molar-refractivity contribution is 6.45. The van der Waals surface area contributed by atoms with E-state index in [1.54, 1.807) is 25.1 Å². The molecular formula is C22H22F5N3O3. The van der Waals surface area contributed by atoms with E-state index < -0.39 is 35.7 Å². The molecule has 0 heterocycles. The molecule has 0 spiro atoms. The lowest BCUT2D eigenvalue weighted by Crippen LogP contribution is -2.29. The predicted molar refractivity (Wildman–Crippen MR) is 112 cm³/mol. The molecule has 2 rings (SSSR count). The zero-order valence-electron chi connectivity index (χ0n) is 18.3. The van der Waals surface area contributed by atoms with E-state index in [1.165, 1.54) is 21.1 Å². The minimum absolute atomic E-state index is 0.0175. The number of nitrogens with one attached hydrogen (secondary N) is 1. The van der Waals surface area contributed by atoms with Gasteiger partial charge >= 0.3 is 6.18 Å². The highest BCUT2D eigenvalue weighted by Gasteiger charge is 2.30. The van der Waals surface area contributed by atoms with Crippen LogP contribution in [0.5, 0.6) is 0 Å². The Kier molecular flexibility index (Phi) is 8.50. The molecule has 0 aliphatic heterocycles. The van der Waals surface area contributed by atoms with E-state index in [0.717, 1.165) is 5.56 Å². The Morgan fingerprint density at radius 2 is 1.76 bits per heavy atom. The van der Waals surface area contributed by atoms with E-state index in [4.69, 9.17) is 9.68 Å². The molecular weight excluding hydrogens is 449 g/mol. The van der Waals surface area contributed by atoms with Gasteiger partial charge in [0.1, 0.15) is 13.7 Å². The Hall–Kier alpha value is -3.50. The van der Waals surface area contributed by atoms with Crippen LogP contribution in [0.1, 0.15) is 34.7 Å². The summed E-state index contributed by atoms with van der Waals surface area (Å²) in [6, 6.07) is 6.21. The van der Waals surface area contributed by atoms with Crippen molar-refractivity contribution in [2.75, 3.05) is 14.2 Å². The number of alkyl halides is 3. The van der Waals surface area contributed by atoms with Gasteiger partial charge in [0, 0.05) is 23.7 Å². The maximum atomic E-state index is 13.7. The first-order valence-corrected chi connectivity index (χ1v) is 9.62. The number of likely N-dealkylation sites (N-methyl/N-ethyl adjacent to an activating group) is 1. The number of hydrogen-bond donors (Lipinski definition) is 1. The molecule has 0 bridgehead atoms. The summed E-state index contributed by atoms with van der Waals surface area (Å²) in [6.45, 7) is 2.88. The van der Waals surface area contributed by atoms with Crippen LogP contribution in [0.3, 0.4) is 0 Å². The van der Waals surface area contributed by atoms with E-state index in [0.29, 0.717) is 23.3 Å². The maximum Gasteiger partial charge on any atom is 0.393 e. The van der Waals surface area contributed by atoms with E-state index in [2.05, 4.69) is 15.6 Å². The quantitative estimate of drug-likeness (QED) is 0.352. The minimum Gasteiger partial charge on any atom is -0.398 e. The molecule has 0 aliphatic rings. The second-order valence-corrected chi connectivity index (χ2v) is 6.97. The third-order valence-corrected chi connectivity index (χ3v) is 4.63. The van der Waals surface area contributed by atoms with Crippen LogP contribution in [0, 0.1) is 18.6 Å². The third-order valence-electron chi connectivity index (χ3n) is 4.63. The lowest BCUT2D eigenvalue weighted by molar-refractivity contribution is -0.127. The second kappa shape index (κ2) is 10.9. The van der Waals surface area contributed by atoms with Crippen LogP contribution in [-0.2, 0) is 27.5 Å². The van der Waals surface area contributed by atoms with Gasteiger partial charge in [0.05, 0.1) is 12.1 Å². The summed E-state index contributed by atoms with van der Waals surface area (Å²) in [6.07, 6.45) is -6.09. The van der Waals surface area contributed by atoms with Gasteiger partial charge < -0.3 is 15.0 Å². The number of aryl methyl sites for hydroxylation is 1. The van der Waals surface area contributed by atoms with Gasteiger partial charge in [0.2, 0.25) is 0 Å². The Labute approximate surface area is 187 Å². The van der Waals surface area contributed by atoms with Gasteiger partial charge in [0.25, 0.3) is 5.91 Å². The van der Waals surface area contributed by atoms with E-state index in [-0.39, 0.29) is 23.6 Å². The van der Waals surface area contributed by atoms with Crippen molar-refractivity contribution in [3.8, 4) is 0 Å². The third kappa shape index (κ3) is 6.74. The fourth-order valence-corrected chi connectivity index (χ4v) is 3.07. The first-order valence-electron chi connectivity index (χ1n) is 9.62. The number of benzene rings is 2. The van der Waals surface area contributed by atoms with Crippen LogP contribution in [-0.4, -0.2) is 37.7 Å². The largest absolute Gasteiger partial charge is 0.398 e. The molecule has 0 fully saturated rings. The van der Waals surface area contributed by atoms with E-state index in [1.807, 2.05) is 0 Å². The number of amides is 1. The first kappa shape index (κ1) is 25.8. The highest BCUT2D eigenvalue weighted by Crippen LogP contribution is 2.26. The summed E-state index contributed by atoms with van der Waals surface area (Å²) < 4.78 is 65.8. The molecule has 0 atom stereocenters. The lowest BCUT2D eigenvalue weighted by Gasteiger charge is -2.14. The number of halogens is 5. The van der Waals surface area contributed by atoms with Crippen LogP contribution in [0.15, 0.2) is 40.6 Å². The Balaban J connectivity index is 2.37. The molecule has 11 heteroatoms. The molecule has 1 amide bonds. The fourth-order valence-electron chi connectivity index (χ4n) is 3.07. The number of oxime groups is 2. The highest BCUT2D eigenvalue weighted by atomic mass is 19.4. The molecule has 0 radical (unpaired) electrons. The standard InChI is InChI=1S/C22H22F5N3O3/c1-12-6-5-7-15(20(30-32-4)21(31)28-3)17(12)11-33-29-13(2)16-9-19(24)18(23)8-14(16)10-22(25,26)27/h5-9H,10-11H2,1-4H3,(H,28,31)/b29-13+,30-20+. The van der Waals surface area contributed by atoms with Crippen molar-refractivity contribution in [1.82, 2.24) is 5.32 Å². The van der Waals surface area contributed by atoms with E-state index >= 15 is 0 Å². The maximum absolute atomic E-state index is 13.7. The molecule has 6 nitrogen and oxygen atoms in total. The average molecular weight is 471 g/mol. The second-order valence-electron chi connectivity index (χ2n) is 6.97. The Morgan fingerprint density at radius 1 is 1.09 bits per heavy atom. The zero-order chi connectivity index (χ0) is 24.8. The molecule has 178 valence electrons. The van der Waals surface area contributed by atoms with Gasteiger partial charge in [-0.1, -0.05) is 28.5 Å². The molecule has 0 aromatic heterocycles. The van der Waals surface area contributed by atoms with Gasteiger partial charge in [-0.25, -0.2) is 8.78 Å². The average Bonchev–Trinajstić information content (AvgIpc) is 2.74. The van der Waals surface area contributed by atoms with Crippen LogP contribution < -0.4 is 5.32 Å². The molecule has 0 aliphatic carbocycles. The Morgan fingerprint density at radius 3 is 2.36 bits per heavy atom. The minimum atomic E-state index is -4.63. The number of nitrogens with zero attached hydrogens (tertiary/aromatic N) is 2. The normalized spacial score (nSPS) is 12.5. The molecule has 33 heavy (non-hydrogen) atoms. The van der Waals surface area contributed by atoms with Crippen molar-refractivity contribution in [2.45, 2.75) is 33.1 Å². The van der Waals surface area contributed by atoms with Crippen molar-refractivity contribution in [3.63, 3.8) is 0 Å². The number of carbonyl (C=O) groups is 1. The summed E-state index contributed by atoms with van der Waals surface area (Å²) in [5.74, 6) is -3.21. The lowest BCUT2D eigenvalue weighted by atomic mass is 9.98. The van der Waals surface area contributed by atoms with Gasteiger partial charge in [0.15, 0.2) is 17.3 Å². The van der Waals surface area contributed by atoms with Gasteiger partial charge in [-0.15, -0.1) is 0 Å². The van der Waals surface area contributed by atoms with Crippen molar-refractivity contribution >= 4 is 17.3 Å². The molecule has 0 saturated carbocycles. The molecule has 0 unspecified atom stereocenters. The van der Waals surface area contributed by atoms with Gasteiger partial charge in [-0.2, -0.15) is 13.2 Å². The smallest absolute Gasteiger partial charge is 0.393 e. The van der Waals surface area contributed by atoms with E-state index in [9.17, 15) is 26.7 Å².